The second kappa shape index (κ2) is 6.54. The summed E-state index contributed by atoms with van der Waals surface area (Å²) in [6, 6.07) is 11.2. The highest BCUT2D eigenvalue weighted by atomic mass is 16.7. The maximum Gasteiger partial charge on any atom is 0.251 e. The SMILES string of the molecule is COc1ccc2[nH]cc(C(C)(C)CNC(=O)c3ccc4c(c3)OCO4)c2c1. The summed E-state index contributed by atoms with van der Waals surface area (Å²) in [5.41, 5.74) is 2.45. The number of methoxy groups -OCH3 is 1. The molecule has 0 spiro atoms. The van der Waals surface area contributed by atoms with Crippen LogP contribution in [0.1, 0.15) is 29.8 Å². The minimum Gasteiger partial charge on any atom is -0.497 e. The molecule has 6 heteroatoms. The van der Waals surface area contributed by atoms with Crippen molar-refractivity contribution in [3.05, 3.63) is 53.7 Å². The first kappa shape index (κ1) is 17.3. The summed E-state index contributed by atoms with van der Waals surface area (Å²) in [4.78, 5) is 15.9. The predicted molar refractivity (Wildman–Crippen MR) is 103 cm³/mol. The van der Waals surface area contributed by atoms with E-state index in [2.05, 4.69) is 24.1 Å². The van der Waals surface area contributed by atoms with E-state index in [-0.39, 0.29) is 18.1 Å². The molecule has 4 rings (SSSR count). The number of nitrogens with one attached hydrogen (secondary N) is 2. The lowest BCUT2D eigenvalue weighted by molar-refractivity contribution is 0.0945. The molecule has 2 aromatic carbocycles. The normalized spacial score (nSPS) is 13.0. The van der Waals surface area contributed by atoms with Crippen molar-refractivity contribution >= 4 is 16.8 Å². The summed E-state index contributed by atoms with van der Waals surface area (Å²) in [6.07, 6.45) is 2.00. The lowest BCUT2D eigenvalue weighted by Gasteiger charge is -2.25. The van der Waals surface area contributed by atoms with E-state index in [1.807, 2.05) is 24.4 Å². The van der Waals surface area contributed by atoms with Crippen molar-refractivity contribution in [1.82, 2.24) is 10.3 Å². The molecule has 1 aromatic heterocycles. The summed E-state index contributed by atoms with van der Waals surface area (Å²) < 4.78 is 16.0. The Morgan fingerprint density at radius 2 is 2.00 bits per heavy atom. The summed E-state index contributed by atoms with van der Waals surface area (Å²) in [6.45, 7) is 4.89. The van der Waals surface area contributed by atoms with Crippen LogP contribution in [-0.2, 0) is 5.41 Å². The Hall–Kier alpha value is -3.15. The van der Waals surface area contributed by atoms with Gasteiger partial charge < -0.3 is 24.5 Å². The van der Waals surface area contributed by atoms with E-state index in [0.717, 1.165) is 22.2 Å². The molecule has 1 aliphatic heterocycles. The monoisotopic (exact) mass is 366 g/mol. The fourth-order valence-electron chi connectivity index (χ4n) is 3.32. The van der Waals surface area contributed by atoms with Gasteiger partial charge in [0.15, 0.2) is 11.5 Å². The van der Waals surface area contributed by atoms with Crippen molar-refractivity contribution in [2.45, 2.75) is 19.3 Å². The summed E-state index contributed by atoms with van der Waals surface area (Å²) in [5.74, 6) is 1.94. The number of aromatic amines is 1. The molecular weight excluding hydrogens is 344 g/mol. The number of benzene rings is 2. The maximum atomic E-state index is 12.6. The number of hydrogen-bond donors (Lipinski definition) is 2. The van der Waals surface area contributed by atoms with Gasteiger partial charge in [-0.15, -0.1) is 0 Å². The largest absolute Gasteiger partial charge is 0.497 e. The number of rotatable bonds is 5. The van der Waals surface area contributed by atoms with Gasteiger partial charge in [-0.3, -0.25) is 4.79 Å². The zero-order chi connectivity index (χ0) is 19.0. The van der Waals surface area contributed by atoms with Crippen LogP contribution in [0.15, 0.2) is 42.6 Å². The molecule has 0 saturated heterocycles. The van der Waals surface area contributed by atoms with Crippen LogP contribution in [0.4, 0.5) is 0 Å². The van der Waals surface area contributed by atoms with Crippen molar-refractivity contribution in [2.75, 3.05) is 20.4 Å². The minimum absolute atomic E-state index is 0.140. The van der Waals surface area contributed by atoms with Gasteiger partial charge in [-0.2, -0.15) is 0 Å². The number of carbonyl (C=O) groups excluding carboxylic acids is 1. The van der Waals surface area contributed by atoms with Gasteiger partial charge in [0.25, 0.3) is 5.91 Å². The average Bonchev–Trinajstić information content (AvgIpc) is 3.31. The molecule has 1 aliphatic rings. The standard InChI is InChI=1S/C21H22N2O4/c1-21(2,16-10-22-17-6-5-14(25-3)9-15(16)17)11-23-20(24)13-4-7-18-19(8-13)27-12-26-18/h4-10,22H,11-12H2,1-3H3,(H,23,24). The van der Waals surface area contributed by atoms with Gasteiger partial charge in [0, 0.05) is 34.6 Å². The molecule has 2 N–H and O–H groups in total. The number of hydrogen-bond acceptors (Lipinski definition) is 4. The van der Waals surface area contributed by atoms with Crippen LogP contribution in [0.3, 0.4) is 0 Å². The molecule has 27 heavy (non-hydrogen) atoms. The van der Waals surface area contributed by atoms with Gasteiger partial charge in [0.2, 0.25) is 6.79 Å². The number of H-pyrrole nitrogens is 1. The number of carbonyl (C=O) groups is 1. The third-order valence-electron chi connectivity index (χ3n) is 4.94. The lowest BCUT2D eigenvalue weighted by Crippen LogP contribution is -2.36. The van der Waals surface area contributed by atoms with Gasteiger partial charge in [0.1, 0.15) is 5.75 Å². The molecule has 140 valence electrons. The highest BCUT2D eigenvalue weighted by molar-refractivity contribution is 5.95. The molecule has 0 unspecified atom stereocenters. The Bertz CT molecular complexity index is 1010. The van der Waals surface area contributed by atoms with Crippen molar-refractivity contribution in [3.63, 3.8) is 0 Å². The summed E-state index contributed by atoms with van der Waals surface area (Å²) >= 11 is 0. The third-order valence-corrected chi connectivity index (χ3v) is 4.94. The highest BCUT2D eigenvalue weighted by Crippen LogP contribution is 2.34. The maximum absolute atomic E-state index is 12.6. The second-order valence-electron chi connectivity index (χ2n) is 7.25. The Morgan fingerprint density at radius 3 is 2.81 bits per heavy atom. The minimum atomic E-state index is -0.267. The summed E-state index contributed by atoms with van der Waals surface area (Å²) in [5, 5.41) is 4.13. The van der Waals surface area contributed by atoms with Crippen molar-refractivity contribution in [2.24, 2.45) is 0 Å². The molecule has 2 heterocycles. The molecule has 0 bridgehead atoms. The van der Waals surface area contributed by atoms with E-state index in [1.165, 1.54) is 0 Å². The first-order valence-electron chi connectivity index (χ1n) is 8.81. The molecule has 0 radical (unpaired) electrons. The molecule has 0 fully saturated rings. The van der Waals surface area contributed by atoms with Crippen molar-refractivity contribution < 1.29 is 19.0 Å². The van der Waals surface area contributed by atoms with Gasteiger partial charge in [-0.1, -0.05) is 13.8 Å². The van der Waals surface area contributed by atoms with E-state index >= 15 is 0 Å². The van der Waals surface area contributed by atoms with Crippen LogP contribution in [0, 0.1) is 0 Å². The van der Waals surface area contributed by atoms with Gasteiger partial charge in [-0.05, 0) is 42.0 Å². The third kappa shape index (κ3) is 3.18. The van der Waals surface area contributed by atoms with Crippen LogP contribution in [-0.4, -0.2) is 31.3 Å². The predicted octanol–water partition coefficient (Wildman–Crippen LogP) is 3.61. The van der Waals surface area contributed by atoms with Gasteiger partial charge in [0.05, 0.1) is 7.11 Å². The van der Waals surface area contributed by atoms with Crippen LogP contribution in [0.25, 0.3) is 10.9 Å². The number of fused-ring (bicyclic) bond motifs is 2. The molecular formula is C21H22N2O4. The first-order chi connectivity index (χ1) is 13.0. The average molecular weight is 366 g/mol. The first-order valence-corrected chi connectivity index (χ1v) is 8.81. The molecule has 6 nitrogen and oxygen atoms in total. The zero-order valence-electron chi connectivity index (χ0n) is 15.6. The van der Waals surface area contributed by atoms with E-state index in [4.69, 9.17) is 14.2 Å². The smallest absolute Gasteiger partial charge is 0.251 e. The quantitative estimate of drug-likeness (QED) is 0.723. The molecule has 3 aromatic rings. The van der Waals surface area contributed by atoms with Crippen LogP contribution in [0.2, 0.25) is 0 Å². The van der Waals surface area contributed by atoms with Crippen molar-refractivity contribution in [3.8, 4) is 17.2 Å². The second-order valence-corrected chi connectivity index (χ2v) is 7.25. The highest BCUT2D eigenvalue weighted by Gasteiger charge is 2.25. The number of ether oxygens (including phenoxy) is 3. The summed E-state index contributed by atoms with van der Waals surface area (Å²) in [7, 11) is 1.66. The number of aromatic nitrogens is 1. The Labute approximate surface area is 157 Å². The van der Waals surface area contributed by atoms with Crippen molar-refractivity contribution in [1.29, 1.82) is 0 Å². The van der Waals surface area contributed by atoms with Crippen LogP contribution < -0.4 is 19.5 Å². The fourth-order valence-corrected chi connectivity index (χ4v) is 3.32. The molecule has 0 aliphatic carbocycles. The zero-order valence-corrected chi connectivity index (χ0v) is 15.6. The molecule has 0 atom stereocenters. The number of amides is 1. The van der Waals surface area contributed by atoms with E-state index in [9.17, 15) is 4.79 Å². The molecule has 1 amide bonds. The van der Waals surface area contributed by atoms with E-state index in [1.54, 1.807) is 25.3 Å². The fraction of sp³-hybridized carbons (Fsp3) is 0.286. The molecule has 0 saturated carbocycles. The van der Waals surface area contributed by atoms with E-state index < -0.39 is 0 Å². The van der Waals surface area contributed by atoms with Gasteiger partial charge in [-0.25, -0.2) is 0 Å². The Balaban J connectivity index is 1.52. The van der Waals surface area contributed by atoms with Crippen LogP contribution >= 0.6 is 0 Å². The Kier molecular flexibility index (Phi) is 4.18. The topological polar surface area (TPSA) is 72.6 Å². The van der Waals surface area contributed by atoms with E-state index in [0.29, 0.717) is 23.6 Å². The lowest BCUT2D eigenvalue weighted by atomic mass is 9.84. The Morgan fingerprint density at radius 1 is 1.19 bits per heavy atom. The van der Waals surface area contributed by atoms with Gasteiger partial charge >= 0.3 is 0 Å². The van der Waals surface area contributed by atoms with Crippen LogP contribution in [0.5, 0.6) is 17.2 Å².